The first-order valence-corrected chi connectivity index (χ1v) is 11.4. The van der Waals surface area contributed by atoms with Crippen LogP contribution >= 0.6 is 0 Å². The molecular weight excluding hydrogens is 372 g/mol. The summed E-state index contributed by atoms with van der Waals surface area (Å²) < 4.78 is 26.9. The Morgan fingerprint density at radius 1 is 0.964 bits per heavy atom. The number of sulfonamides is 1. The topological polar surface area (TPSA) is 66.5 Å². The van der Waals surface area contributed by atoms with Gasteiger partial charge < -0.3 is 5.32 Å². The molecule has 4 rings (SSSR count). The van der Waals surface area contributed by atoms with Crippen molar-refractivity contribution in [3.05, 3.63) is 65.7 Å². The monoisotopic (exact) mass is 398 g/mol. The Morgan fingerprint density at radius 3 is 2.39 bits per heavy atom. The van der Waals surface area contributed by atoms with E-state index in [4.69, 9.17) is 0 Å². The van der Waals surface area contributed by atoms with E-state index >= 15 is 0 Å². The van der Waals surface area contributed by atoms with Crippen molar-refractivity contribution in [2.45, 2.75) is 49.0 Å². The predicted octanol–water partition coefficient (Wildman–Crippen LogP) is 3.08. The molecule has 28 heavy (non-hydrogen) atoms. The van der Waals surface area contributed by atoms with Crippen LogP contribution in [0.2, 0.25) is 0 Å². The molecule has 1 heterocycles. The molecule has 1 aliphatic heterocycles. The van der Waals surface area contributed by atoms with Crippen molar-refractivity contribution in [3.8, 4) is 0 Å². The number of carbonyl (C=O) groups is 1. The number of piperidine rings is 1. The van der Waals surface area contributed by atoms with Crippen molar-refractivity contribution in [1.82, 2.24) is 9.62 Å². The highest BCUT2D eigenvalue weighted by Gasteiger charge is 2.30. The van der Waals surface area contributed by atoms with Crippen molar-refractivity contribution < 1.29 is 13.2 Å². The summed E-state index contributed by atoms with van der Waals surface area (Å²) in [6.45, 7) is 0.878. The molecule has 0 saturated carbocycles. The van der Waals surface area contributed by atoms with Crippen LogP contribution in [-0.2, 0) is 21.2 Å². The molecule has 5 nitrogen and oxygen atoms in total. The molecule has 1 amide bonds. The summed E-state index contributed by atoms with van der Waals surface area (Å²) in [5.41, 5.74) is 2.67. The molecule has 0 aromatic heterocycles. The number of hydrogen-bond donors (Lipinski definition) is 1. The third-order valence-electron chi connectivity index (χ3n) is 5.89. The van der Waals surface area contributed by atoms with Crippen LogP contribution in [0.4, 0.5) is 0 Å². The molecule has 0 spiro atoms. The fraction of sp³-hybridized carbons (Fsp3) is 0.409. The number of hydrogen-bond acceptors (Lipinski definition) is 3. The summed E-state index contributed by atoms with van der Waals surface area (Å²) in [5.74, 6) is 0.376. The van der Waals surface area contributed by atoms with Gasteiger partial charge >= 0.3 is 0 Å². The van der Waals surface area contributed by atoms with Gasteiger partial charge in [-0.3, -0.25) is 4.79 Å². The average molecular weight is 399 g/mol. The maximum absolute atomic E-state index is 12.7. The summed E-state index contributed by atoms with van der Waals surface area (Å²) >= 11 is 0. The van der Waals surface area contributed by atoms with Crippen LogP contribution in [0.3, 0.4) is 0 Å². The van der Waals surface area contributed by atoms with Crippen LogP contribution in [0.5, 0.6) is 0 Å². The van der Waals surface area contributed by atoms with E-state index in [0.717, 1.165) is 12.8 Å². The quantitative estimate of drug-likeness (QED) is 0.842. The predicted molar refractivity (Wildman–Crippen MR) is 108 cm³/mol. The summed E-state index contributed by atoms with van der Waals surface area (Å²) in [4.78, 5) is 12.9. The molecule has 6 heteroatoms. The summed E-state index contributed by atoms with van der Waals surface area (Å²) in [7, 11) is -3.45. The lowest BCUT2D eigenvalue weighted by molar-refractivity contribution is -0.122. The number of amides is 1. The van der Waals surface area contributed by atoms with Gasteiger partial charge in [-0.15, -0.1) is 0 Å². The Kier molecular flexibility index (Phi) is 5.51. The lowest BCUT2D eigenvalue weighted by atomic mass is 9.97. The minimum Gasteiger partial charge on any atom is -0.353 e. The molecule has 1 aliphatic carbocycles. The molecule has 2 aromatic carbocycles. The number of aryl methyl sites for hydroxylation is 1. The lowest BCUT2D eigenvalue weighted by Crippen LogP contribution is -2.46. The lowest BCUT2D eigenvalue weighted by Gasteiger charge is -2.31. The fourth-order valence-corrected chi connectivity index (χ4v) is 5.84. The maximum Gasteiger partial charge on any atom is 0.243 e. The SMILES string of the molecule is O=C(C[C@H]1CCc2ccccc21)NC1CCN(S(=O)(=O)c2ccccc2)CC1. The summed E-state index contributed by atoms with van der Waals surface area (Å²) in [6.07, 6.45) is 3.89. The number of carbonyl (C=O) groups excluding carboxylic acids is 1. The molecule has 1 saturated heterocycles. The second-order valence-corrected chi connectivity index (χ2v) is 9.64. The van der Waals surface area contributed by atoms with Gasteiger partial charge in [0.25, 0.3) is 0 Å². The van der Waals surface area contributed by atoms with Gasteiger partial charge in [0.2, 0.25) is 15.9 Å². The van der Waals surface area contributed by atoms with Crippen LogP contribution in [0.25, 0.3) is 0 Å². The molecular formula is C22H26N2O3S. The van der Waals surface area contributed by atoms with Crippen LogP contribution in [0.15, 0.2) is 59.5 Å². The van der Waals surface area contributed by atoms with Crippen LogP contribution in [0, 0.1) is 0 Å². The van der Waals surface area contributed by atoms with Crippen molar-refractivity contribution in [3.63, 3.8) is 0 Å². The van der Waals surface area contributed by atoms with E-state index in [2.05, 4.69) is 23.5 Å². The number of nitrogens with one attached hydrogen (secondary N) is 1. The smallest absolute Gasteiger partial charge is 0.243 e. The van der Waals surface area contributed by atoms with Crippen LogP contribution in [-0.4, -0.2) is 37.8 Å². The molecule has 148 valence electrons. The Morgan fingerprint density at radius 2 is 1.64 bits per heavy atom. The van der Waals surface area contributed by atoms with E-state index in [1.165, 1.54) is 15.4 Å². The fourth-order valence-electron chi connectivity index (χ4n) is 4.35. The molecule has 0 unspecified atom stereocenters. The summed E-state index contributed by atoms with van der Waals surface area (Å²) in [5, 5.41) is 3.13. The summed E-state index contributed by atoms with van der Waals surface area (Å²) in [6, 6.07) is 17.0. The van der Waals surface area contributed by atoms with E-state index in [-0.39, 0.29) is 11.9 Å². The number of nitrogens with zero attached hydrogens (tertiary/aromatic N) is 1. The van der Waals surface area contributed by atoms with E-state index in [9.17, 15) is 13.2 Å². The van der Waals surface area contributed by atoms with Crippen molar-refractivity contribution in [1.29, 1.82) is 0 Å². The first-order valence-electron chi connectivity index (χ1n) is 9.96. The largest absolute Gasteiger partial charge is 0.353 e. The number of rotatable bonds is 5. The van der Waals surface area contributed by atoms with E-state index in [1.54, 1.807) is 24.3 Å². The second kappa shape index (κ2) is 8.05. The minimum absolute atomic E-state index is 0.0476. The van der Waals surface area contributed by atoms with Gasteiger partial charge in [0.15, 0.2) is 0 Å². The molecule has 2 aromatic rings. The highest BCUT2D eigenvalue weighted by Crippen LogP contribution is 2.35. The van der Waals surface area contributed by atoms with Gasteiger partial charge in [-0.05, 0) is 54.9 Å². The molecule has 1 atom stereocenters. The zero-order valence-electron chi connectivity index (χ0n) is 15.9. The van der Waals surface area contributed by atoms with E-state index in [1.807, 2.05) is 12.1 Å². The average Bonchev–Trinajstić information content (AvgIpc) is 3.12. The van der Waals surface area contributed by atoms with E-state index in [0.29, 0.717) is 43.2 Å². The Bertz CT molecular complexity index is 935. The van der Waals surface area contributed by atoms with Gasteiger partial charge in [0.1, 0.15) is 0 Å². The Balaban J connectivity index is 1.30. The minimum atomic E-state index is -3.45. The van der Waals surface area contributed by atoms with Crippen LogP contribution < -0.4 is 5.32 Å². The molecule has 1 N–H and O–H groups in total. The standard InChI is InChI=1S/C22H26N2O3S/c25-22(16-18-11-10-17-6-4-5-9-21(17)18)23-19-12-14-24(15-13-19)28(26,27)20-7-2-1-3-8-20/h1-9,18-19H,10-16H2,(H,23,25)/t18-/m1/s1. The highest BCUT2D eigenvalue weighted by molar-refractivity contribution is 7.89. The Labute approximate surface area is 166 Å². The number of benzene rings is 2. The Hall–Kier alpha value is -2.18. The van der Waals surface area contributed by atoms with Crippen molar-refractivity contribution in [2.75, 3.05) is 13.1 Å². The van der Waals surface area contributed by atoms with Crippen LogP contribution in [0.1, 0.15) is 42.7 Å². The third-order valence-corrected chi connectivity index (χ3v) is 7.80. The zero-order chi connectivity index (χ0) is 19.6. The first kappa shape index (κ1) is 19.2. The van der Waals surface area contributed by atoms with Crippen molar-refractivity contribution >= 4 is 15.9 Å². The maximum atomic E-state index is 12.7. The molecule has 0 bridgehead atoms. The third kappa shape index (κ3) is 3.98. The van der Waals surface area contributed by atoms with Gasteiger partial charge in [0, 0.05) is 25.6 Å². The first-order chi connectivity index (χ1) is 13.5. The molecule has 1 fully saturated rings. The van der Waals surface area contributed by atoms with Gasteiger partial charge in [-0.1, -0.05) is 42.5 Å². The molecule has 0 radical (unpaired) electrons. The normalized spacial score (nSPS) is 20.6. The highest BCUT2D eigenvalue weighted by atomic mass is 32.2. The van der Waals surface area contributed by atoms with Gasteiger partial charge in [0.05, 0.1) is 4.90 Å². The van der Waals surface area contributed by atoms with E-state index < -0.39 is 10.0 Å². The van der Waals surface area contributed by atoms with Gasteiger partial charge in [-0.2, -0.15) is 4.31 Å². The zero-order valence-corrected chi connectivity index (χ0v) is 16.7. The van der Waals surface area contributed by atoms with Crippen molar-refractivity contribution in [2.24, 2.45) is 0 Å². The number of fused-ring (bicyclic) bond motifs is 1. The second-order valence-electron chi connectivity index (χ2n) is 7.70. The molecule has 2 aliphatic rings. The van der Waals surface area contributed by atoms with Gasteiger partial charge in [-0.25, -0.2) is 8.42 Å².